The standard InChI is InChI=1S/C10H13Br2NO2/c1-7-3-4-8(15-7)9(14)13-10(2,5-11)6-12/h3-4H,5-6H2,1-2H3,(H,13,14). The predicted molar refractivity (Wildman–Crippen MR) is 66.9 cm³/mol. The molecule has 0 aliphatic heterocycles. The van der Waals surface area contributed by atoms with E-state index >= 15 is 0 Å². The van der Waals surface area contributed by atoms with Crippen LogP contribution in [0.3, 0.4) is 0 Å². The summed E-state index contributed by atoms with van der Waals surface area (Å²) in [6.45, 7) is 3.76. The van der Waals surface area contributed by atoms with E-state index in [-0.39, 0.29) is 11.4 Å². The smallest absolute Gasteiger partial charge is 0.287 e. The molecule has 1 heterocycles. The first-order chi connectivity index (χ1) is 7.00. The Labute approximate surface area is 106 Å². The molecule has 0 aromatic carbocycles. The Bertz CT molecular complexity index is 345. The van der Waals surface area contributed by atoms with Gasteiger partial charge in [0.25, 0.3) is 5.91 Å². The number of aryl methyl sites for hydroxylation is 1. The minimum absolute atomic E-state index is 0.190. The molecular formula is C10H13Br2NO2. The van der Waals surface area contributed by atoms with E-state index in [0.29, 0.717) is 16.4 Å². The molecule has 3 nitrogen and oxygen atoms in total. The number of carbonyl (C=O) groups excluding carboxylic acids is 1. The van der Waals surface area contributed by atoms with Gasteiger partial charge in [-0.2, -0.15) is 0 Å². The number of amides is 1. The van der Waals surface area contributed by atoms with Gasteiger partial charge >= 0.3 is 0 Å². The Balaban J connectivity index is 2.71. The second-order valence-corrected chi connectivity index (χ2v) is 4.81. The lowest BCUT2D eigenvalue weighted by atomic mass is 10.1. The van der Waals surface area contributed by atoms with Gasteiger partial charge in [0.1, 0.15) is 5.76 Å². The lowest BCUT2D eigenvalue weighted by molar-refractivity contribution is 0.0893. The first-order valence-corrected chi connectivity index (χ1v) is 6.76. The van der Waals surface area contributed by atoms with Crippen molar-refractivity contribution in [3.8, 4) is 0 Å². The molecule has 0 saturated carbocycles. The van der Waals surface area contributed by atoms with Crippen molar-refractivity contribution in [2.45, 2.75) is 19.4 Å². The zero-order chi connectivity index (χ0) is 11.5. The number of rotatable bonds is 4. The molecule has 1 rings (SSSR count). The van der Waals surface area contributed by atoms with Crippen LogP contribution in [0.1, 0.15) is 23.2 Å². The lowest BCUT2D eigenvalue weighted by Crippen LogP contribution is -2.48. The van der Waals surface area contributed by atoms with Crippen molar-refractivity contribution in [1.82, 2.24) is 5.32 Å². The van der Waals surface area contributed by atoms with E-state index < -0.39 is 0 Å². The van der Waals surface area contributed by atoms with Crippen LogP contribution in [0.4, 0.5) is 0 Å². The van der Waals surface area contributed by atoms with Crippen LogP contribution in [0.2, 0.25) is 0 Å². The largest absolute Gasteiger partial charge is 0.456 e. The molecule has 84 valence electrons. The fraction of sp³-hybridized carbons (Fsp3) is 0.500. The Morgan fingerprint density at radius 2 is 2.07 bits per heavy atom. The van der Waals surface area contributed by atoms with Crippen LogP contribution in [0, 0.1) is 6.92 Å². The van der Waals surface area contributed by atoms with Crippen LogP contribution < -0.4 is 5.32 Å². The number of furan rings is 1. The highest BCUT2D eigenvalue weighted by atomic mass is 79.9. The topological polar surface area (TPSA) is 42.2 Å². The molecule has 1 amide bonds. The highest BCUT2D eigenvalue weighted by molar-refractivity contribution is 9.09. The van der Waals surface area contributed by atoms with Gasteiger partial charge in [-0.15, -0.1) is 0 Å². The third kappa shape index (κ3) is 3.34. The van der Waals surface area contributed by atoms with Crippen molar-refractivity contribution < 1.29 is 9.21 Å². The average Bonchev–Trinajstić information content (AvgIpc) is 2.65. The monoisotopic (exact) mass is 337 g/mol. The summed E-state index contributed by atoms with van der Waals surface area (Å²) in [5.41, 5.74) is -0.308. The molecule has 1 N–H and O–H groups in total. The number of carbonyl (C=O) groups is 1. The van der Waals surface area contributed by atoms with Crippen molar-refractivity contribution in [1.29, 1.82) is 0 Å². The van der Waals surface area contributed by atoms with Gasteiger partial charge in [0, 0.05) is 10.7 Å². The molecule has 0 fully saturated rings. The second kappa shape index (κ2) is 5.16. The van der Waals surface area contributed by atoms with Crippen molar-refractivity contribution in [3.63, 3.8) is 0 Å². The highest BCUT2D eigenvalue weighted by Gasteiger charge is 2.25. The van der Waals surface area contributed by atoms with Crippen LogP contribution in [0.5, 0.6) is 0 Å². The van der Waals surface area contributed by atoms with Crippen molar-refractivity contribution in [2.24, 2.45) is 0 Å². The predicted octanol–water partition coefficient (Wildman–Crippen LogP) is 2.87. The lowest BCUT2D eigenvalue weighted by Gasteiger charge is -2.25. The minimum atomic E-state index is -0.308. The Morgan fingerprint density at radius 1 is 1.47 bits per heavy atom. The summed E-state index contributed by atoms with van der Waals surface area (Å²) in [5.74, 6) is 0.893. The molecule has 1 aromatic rings. The van der Waals surface area contributed by atoms with E-state index in [9.17, 15) is 4.79 Å². The van der Waals surface area contributed by atoms with Crippen LogP contribution in [-0.4, -0.2) is 22.1 Å². The maximum Gasteiger partial charge on any atom is 0.287 e. The molecule has 0 bridgehead atoms. The molecule has 0 saturated heterocycles. The Kier molecular flexibility index (Phi) is 4.40. The summed E-state index contributed by atoms with van der Waals surface area (Å²) in [4.78, 5) is 11.7. The summed E-state index contributed by atoms with van der Waals surface area (Å²) in [6.07, 6.45) is 0. The maximum absolute atomic E-state index is 11.7. The SMILES string of the molecule is Cc1ccc(C(=O)NC(C)(CBr)CBr)o1. The average molecular weight is 339 g/mol. The maximum atomic E-state index is 11.7. The molecule has 5 heteroatoms. The molecule has 0 aliphatic carbocycles. The highest BCUT2D eigenvalue weighted by Crippen LogP contribution is 2.14. The third-order valence-electron chi connectivity index (χ3n) is 1.97. The zero-order valence-corrected chi connectivity index (χ0v) is 11.8. The number of hydrogen-bond donors (Lipinski definition) is 1. The van der Waals surface area contributed by atoms with Gasteiger partial charge in [0.05, 0.1) is 5.54 Å². The number of halogens is 2. The van der Waals surface area contributed by atoms with Gasteiger partial charge in [0.15, 0.2) is 5.76 Å². The fourth-order valence-corrected chi connectivity index (χ4v) is 2.20. The van der Waals surface area contributed by atoms with Crippen molar-refractivity contribution in [2.75, 3.05) is 10.7 Å². The van der Waals surface area contributed by atoms with Crippen molar-refractivity contribution >= 4 is 37.8 Å². The van der Waals surface area contributed by atoms with Gasteiger partial charge < -0.3 is 9.73 Å². The van der Waals surface area contributed by atoms with Crippen LogP contribution in [-0.2, 0) is 0 Å². The summed E-state index contributed by atoms with van der Waals surface area (Å²) < 4.78 is 5.24. The fourth-order valence-electron chi connectivity index (χ4n) is 0.995. The second-order valence-electron chi connectivity index (χ2n) is 3.69. The van der Waals surface area contributed by atoms with E-state index in [2.05, 4.69) is 37.2 Å². The Morgan fingerprint density at radius 3 is 2.47 bits per heavy atom. The van der Waals surface area contributed by atoms with Crippen LogP contribution >= 0.6 is 31.9 Å². The summed E-state index contributed by atoms with van der Waals surface area (Å²) in [6, 6.07) is 3.45. The number of alkyl halides is 2. The zero-order valence-electron chi connectivity index (χ0n) is 8.64. The summed E-state index contributed by atoms with van der Waals surface area (Å²) in [5, 5.41) is 4.25. The Hall–Kier alpha value is -0.290. The normalized spacial score (nSPS) is 11.5. The quantitative estimate of drug-likeness (QED) is 0.858. The molecule has 1 aromatic heterocycles. The molecule has 15 heavy (non-hydrogen) atoms. The van der Waals surface area contributed by atoms with Gasteiger partial charge in [-0.1, -0.05) is 31.9 Å². The number of nitrogens with one attached hydrogen (secondary N) is 1. The molecule has 0 spiro atoms. The summed E-state index contributed by atoms with van der Waals surface area (Å²) in [7, 11) is 0. The summed E-state index contributed by atoms with van der Waals surface area (Å²) >= 11 is 6.73. The molecule has 0 atom stereocenters. The number of hydrogen-bond acceptors (Lipinski definition) is 2. The van der Waals surface area contributed by atoms with Crippen LogP contribution in [0.15, 0.2) is 16.5 Å². The minimum Gasteiger partial charge on any atom is -0.456 e. The van der Waals surface area contributed by atoms with Gasteiger partial charge in [-0.25, -0.2) is 0 Å². The first-order valence-electron chi connectivity index (χ1n) is 4.51. The molecular weight excluding hydrogens is 326 g/mol. The van der Waals surface area contributed by atoms with E-state index in [0.717, 1.165) is 5.76 Å². The van der Waals surface area contributed by atoms with E-state index in [1.54, 1.807) is 12.1 Å². The van der Waals surface area contributed by atoms with Crippen molar-refractivity contribution in [3.05, 3.63) is 23.7 Å². The molecule has 0 aliphatic rings. The first kappa shape index (κ1) is 12.8. The van der Waals surface area contributed by atoms with E-state index in [1.807, 2.05) is 13.8 Å². The van der Waals surface area contributed by atoms with Gasteiger partial charge in [0.2, 0.25) is 0 Å². The van der Waals surface area contributed by atoms with Gasteiger partial charge in [-0.05, 0) is 26.0 Å². The van der Waals surface area contributed by atoms with E-state index in [1.165, 1.54) is 0 Å². The van der Waals surface area contributed by atoms with Crippen LogP contribution in [0.25, 0.3) is 0 Å². The van der Waals surface area contributed by atoms with E-state index in [4.69, 9.17) is 4.42 Å². The molecule has 0 unspecified atom stereocenters. The third-order valence-corrected chi connectivity index (χ3v) is 4.44. The van der Waals surface area contributed by atoms with Gasteiger partial charge in [-0.3, -0.25) is 4.79 Å². The molecule has 0 radical (unpaired) electrons.